The highest BCUT2D eigenvalue weighted by Gasteiger charge is 2.26. The highest BCUT2D eigenvalue weighted by atomic mass is 15.2. The van der Waals surface area contributed by atoms with Crippen LogP contribution in [0.1, 0.15) is 5.56 Å². The van der Waals surface area contributed by atoms with E-state index in [-0.39, 0.29) is 0 Å². The number of fused-ring (bicyclic) bond motifs is 1. The third kappa shape index (κ3) is 2.78. The molecule has 0 saturated carbocycles. The van der Waals surface area contributed by atoms with E-state index in [1.165, 1.54) is 22.0 Å². The number of hydrogen-bond acceptors (Lipinski definition) is 4. The summed E-state index contributed by atoms with van der Waals surface area (Å²) in [4.78, 5) is 10.6. The van der Waals surface area contributed by atoms with Gasteiger partial charge in [-0.1, -0.05) is 6.07 Å². The molecule has 0 spiro atoms. The molecule has 4 nitrogen and oxygen atoms in total. The molecule has 4 rings (SSSR count). The summed E-state index contributed by atoms with van der Waals surface area (Å²) in [5.41, 5.74) is 2.51. The van der Waals surface area contributed by atoms with Crippen molar-refractivity contribution in [3.8, 4) is 0 Å². The normalized spacial score (nSPS) is 15.6. The molecule has 110 valence electrons. The minimum Gasteiger partial charge on any atom is -0.380 e. The van der Waals surface area contributed by atoms with E-state index in [9.17, 15) is 0 Å². The molecule has 22 heavy (non-hydrogen) atoms. The largest absolute Gasteiger partial charge is 0.380 e. The Morgan fingerprint density at radius 1 is 0.955 bits per heavy atom. The van der Waals surface area contributed by atoms with Crippen molar-refractivity contribution in [2.45, 2.75) is 12.6 Å². The minimum absolute atomic E-state index is 0.529. The van der Waals surface area contributed by atoms with Crippen LogP contribution in [0.25, 0.3) is 10.8 Å². The van der Waals surface area contributed by atoms with Gasteiger partial charge in [-0.2, -0.15) is 0 Å². The van der Waals surface area contributed by atoms with Crippen molar-refractivity contribution in [1.82, 2.24) is 14.9 Å². The van der Waals surface area contributed by atoms with Crippen LogP contribution in [0.5, 0.6) is 0 Å². The zero-order chi connectivity index (χ0) is 14.8. The van der Waals surface area contributed by atoms with Crippen molar-refractivity contribution in [2.75, 3.05) is 18.4 Å². The Kier molecular flexibility index (Phi) is 3.45. The maximum Gasteiger partial charge on any atom is 0.0515 e. The molecule has 3 aromatic rings. The van der Waals surface area contributed by atoms with Gasteiger partial charge in [0.1, 0.15) is 0 Å². The zero-order valence-electron chi connectivity index (χ0n) is 12.3. The van der Waals surface area contributed by atoms with Crippen LogP contribution in [0.3, 0.4) is 0 Å². The lowest BCUT2D eigenvalue weighted by molar-refractivity contribution is 0.153. The Labute approximate surface area is 129 Å². The van der Waals surface area contributed by atoms with E-state index in [0.717, 1.165) is 19.6 Å². The average Bonchev–Trinajstić information content (AvgIpc) is 2.54. The first-order valence-electron chi connectivity index (χ1n) is 7.58. The molecule has 0 unspecified atom stereocenters. The molecular formula is C18H18N4. The maximum atomic E-state index is 4.15. The van der Waals surface area contributed by atoms with Gasteiger partial charge in [0.2, 0.25) is 0 Å². The molecule has 1 fully saturated rings. The van der Waals surface area contributed by atoms with Gasteiger partial charge < -0.3 is 5.32 Å². The van der Waals surface area contributed by atoms with Crippen molar-refractivity contribution in [1.29, 1.82) is 0 Å². The predicted molar refractivity (Wildman–Crippen MR) is 88.7 cm³/mol. The number of nitrogens with one attached hydrogen (secondary N) is 1. The lowest BCUT2D eigenvalue weighted by Gasteiger charge is -2.40. The van der Waals surface area contributed by atoms with Crippen LogP contribution in [0.15, 0.2) is 61.2 Å². The summed E-state index contributed by atoms with van der Waals surface area (Å²) < 4.78 is 0. The van der Waals surface area contributed by atoms with Crippen LogP contribution >= 0.6 is 0 Å². The highest BCUT2D eigenvalue weighted by Crippen LogP contribution is 2.21. The summed E-state index contributed by atoms with van der Waals surface area (Å²) in [6.45, 7) is 3.16. The molecule has 1 aliphatic heterocycles. The van der Waals surface area contributed by atoms with Crippen molar-refractivity contribution in [2.24, 2.45) is 0 Å². The Bertz CT molecular complexity index is 766. The van der Waals surface area contributed by atoms with Gasteiger partial charge in [-0.3, -0.25) is 14.9 Å². The second-order valence-corrected chi connectivity index (χ2v) is 5.83. The van der Waals surface area contributed by atoms with Gasteiger partial charge in [0.15, 0.2) is 0 Å². The van der Waals surface area contributed by atoms with Crippen LogP contribution in [-0.4, -0.2) is 34.0 Å². The van der Waals surface area contributed by atoms with Crippen LogP contribution in [-0.2, 0) is 6.54 Å². The van der Waals surface area contributed by atoms with E-state index >= 15 is 0 Å². The third-order valence-electron chi connectivity index (χ3n) is 4.12. The van der Waals surface area contributed by atoms with E-state index in [1.54, 1.807) is 0 Å². The highest BCUT2D eigenvalue weighted by molar-refractivity contribution is 5.84. The quantitative estimate of drug-likeness (QED) is 0.802. The van der Waals surface area contributed by atoms with Crippen LogP contribution in [0, 0.1) is 0 Å². The SMILES string of the molecule is c1cc(CN2CC(Nc3ccc4cnccc4c3)C2)ccn1. The monoisotopic (exact) mass is 290 g/mol. The van der Waals surface area contributed by atoms with E-state index in [2.05, 4.69) is 56.6 Å². The van der Waals surface area contributed by atoms with Gasteiger partial charge in [0, 0.05) is 55.5 Å². The van der Waals surface area contributed by atoms with Crippen LogP contribution in [0.4, 0.5) is 5.69 Å². The van der Waals surface area contributed by atoms with E-state index in [0.29, 0.717) is 6.04 Å². The molecule has 0 amide bonds. The Morgan fingerprint density at radius 3 is 2.64 bits per heavy atom. The van der Waals surface area contributed by atoms with Crippen molar-refractivity contribution >= 4 is 16.5 Å². The summed E-state index contributed by atoms with van der Waals surface area (Å²) in [6.07, 6.45) is 7.45. The molecule has 0 atom stereocenters. The average molecular weight is 290 g/mol. The molecule has 2 aromatic heterocycles. The van der Waals surface area contributed by atoms with E-state index in [4.69, 9.17) is 0 Å². The summed E-state index contributed by atoms with van der Waals surface area (Å²) in [7, 11) is 0. The van der Waals surface area contributed by atoms with Crippen molar-refractivity contribution in [3.63, 3.8) is 0 Å². The smallest absolute Gasteiger partial charge is 0.0515 e. The molecule has 1 aromatic carbocycles. The second kappa shape index (κ2) is 5.73. The molecular weight excluding hydrogens is 272 g/mol. The van der Waals surface area contributed by atoms with Crippen molar-refractivity contribution < 1.29 is 0 Å². The fraction of sp³-hybridized carbons (Fsp3) is 0.222. The van der Waals surface area contributed by atoms with Gasteiger partial charge in [-0.25, -0.2) is 0 Å². The summed E-state index contributed by atoms with van der Waals surface area (Å²) >= 11 is 0. The van der Waals surface area contributed by atoms with E-state index in [1.807, 2.05) is 24.8 Å². The number of pyridine rings is 2. The summed E-state index contributed by atoms with van der Waals surface area (Å²) in [6, 6.07) is 13.2. The topological polar surface area (TPSA) is 41.0 Å². The number of nitrogens with zero attached hydrogens (tertiary/aromatic N) is 3. The Balaban J connectivity index is 1.35. The van der Waals surface area contributed by atoms with Gasteiger partial charge in [0.25, 0.3) is 0 Å². The van der Waals surface area contributed by atoms with Gasteiger partial charge >= 0.3 is 0 Å². The van der Waals surface area contributed by atoms with Gasteiger partial charge in [-0.05, 0) is 41.3 Å². The molecule has 3 heterocycles. The summed E-state index contributed by atoms with van der Waals surface area (Å²) in [5.74, 6) is 0. The number of hydrogen-bond donors (Lipinski definition) is 1. The Morgan fingerprint density at radius 2 is 1.77 bits per heavy atom. The van der Waals surface area contributed by atoms with Crippen molar-refractivity contribution in [3.05, 3.63) is 66.7 Å². The molecule has 1 saturated heterocycles. The summed E-state index contributed by atoms with van der Waals surface area (Å²) in [5, 5.41) is 6.02. The fourth-order valence-electron chi connectivity index (χ4n) is 2.95. The fourth-order valence-corrected chi connectivity index (χ4v) is 2.95. The number of benzene rings is 1. The van der Waals surface area contributed by atoms with Crippen LogP contribution < -0.4 is 5.32 Å². The minimum atomic E-state index is 0.529. The van der Waals surface area contributed by atoms with Crippen LogP contribution in [0.2, 0.25) is 0 Å². The number of aromatic nitrogens is 2. The number of anilines is 1. The number of likely N-dealkylation sites (tertiary alicyclic amines) is 1. The lowest BCUT2D eigenvalue weighted by Crippen LogP contribution is -2.53. The molecule has 0 bridgehead atoms. The predicted octanol–water partition coefficient (Wildman–Crippen LogP) is 2.93. The molecule has 1 N–H and O–H groups in total. The molecule has 0 radical (unpaired) electrons. The van der Waals surface area contributed by atoms with E-state index < -0.39 is 0 Å². The zero-order valence-corrected chi connectivity index (χ0v) is 12.3. The second-order valence-electron chi connectivity index (χ2n) is 5.83. The third-order valence-corrected chi connectivity index (χ3v) is 4.12. The first kappa shape index (κ1) is 13.2. The standard InChI is InChI=1S/C18H18N4/c1-2-17(9-15-5-8-20-10-16(1)15)21-18-12-22(13-18)11-14-3-6-19-7-4-14/h1-10,18,21H,11-13H2. The van der Waals surface area contributed by atoms with Gasteiger partial charge in [0.05, 0.1) is 6.04 Å². The molecule has 0 aliphatic carbocycles. The Hall–Kier alpha value is -2.46. The number of rotatable bonds is 4. The van der Waals surface area contributed by atoms with Gasteiger partial charge in [-0.15, -0.1) is 0 Å². The first-order valence-corrected chi connectivity index (χ1v) is 7.58. The maximum absolute atomic E-state index is 4.15. The first-order chi connectivity index (χ1) is 10.9. The molecule has 4 heteroatoms. The lowest BCUT2D eigenvalue weighted by atomic mass is 10.1. The molecule has 1 aliphatic rings.